The number of alkyl halides is 6. The molecule has 31 heavy (non-hydrogen) atoms. The normalized spacial score (nSPS) is 16.1. The van der Waals surface area contributed by atoms with E-state index in [0.717, 1.165) is 25.2 Å². The van der Waals surface area contributed by atoms with Crippen LogP contribution in [-0.4, -0.2) is 63.4 Å². The van der Waals surface area contributed by atoms with Crippen molar-refractivity contribution in [2.75, 3.05) is 51.2 Å². The van der Waals surface area contributed by atoms with Crippen LogP contribution in [0.1, 0.15) is 24.5 Å². The zero-order chi connectivity index (χ0) is 22.4. The van der Waals surface area contributed by atoms with Crippen molar-refractivity contribution < 1.29 is 26.3 Å². The summed E-state index contributed by atoms with van der Waals surface area (Å²) in [6.45, 7) is 4.60. The van der Waals surface area contributed by atoms with Crippen LogP contribution in [0.3, 0.4) is 0 Å². The smallest absolute Gasteiger partial charge is 0.369 e. The predicted molar refractivity (Wildman–Crippen MR) is 120 cm³/mol. The Morgan fingerprint density at radius 1 is 1.03 bits per heavy atom. The first kappa shape index (κ1) is 27.6. The van der Waals surface area contributed by atoms with Crippen molar-refractivity contribution >= 4 is 35.6 Å². The Morgan fingerprint density at radius 2 is 1.68 bits per heavy atom. The molecule has 0 aromatic heterocycles. The third-order valence-corrected chi connectivity index (χ3v) is 4.70. The molecule has 2 rings (SSSR count). The number of benzene rings is 1. The van der Waals surface area contributed by atoms with Gasteiger partial charge in [-0.15, -0.1) is 24.0 Å². The molecule has 1 aliphatic heterocycles. The Kier molecular flexibility index (Phi) is 10.7. The summed E-state index contributed by atoms with van der Waals surface area (Å²) in [6, 6.07) is 3.56. The molecule has 0 bridgehead atoms. The molecule has 0 atom stereocenters. The molecule has 1 aromatic carbocycles. The number of piperazine rings is 1. The molecule has 1 fully saturated rings. The molecule has 0 spiro atoms. The van der Waals surface area contributed by atoms with Crippen molar-refractivity contribution in [3.8, 4) is 0 Å². The van der Waals surface area contributed by atoms with Crippen LogP contribution < -0.4 is 15.5 Å². The molecule has 2 N–H and O–H groups in total. The highest BCUT2D eigenvalue weighted by molar-refractivity contribution is 14.0. The number of aliphatic imine (C=N–C) groups is 1. The van der Waals surface area contributed by atoms with Gasteiger partial charge in [-0.3, -0.25) is 0 Å². The topological polar surface area (TPSA) is 42.9 Å². The van der Waals surface area contributed by atoms with E-state index in [-0.39, 0.29) is 43.0 Å². The number of nitrogens with one attached hydrogen (secondary N) is 2. The van der Waals surface area contributed by atoms with Crippen molar-refractivity contribution in [3.05, 3.63) is 29.3 Å². The summed E-state index contributed by atoms with van der Waals surface area (Å²) in [6.07, 6.45) is -9.83. The average Bonchev–Trinajstić information content (AvgIpc) is 2.65. The van der Waals surface area contributed by atoms with Gasteiger partial charge in [-0.05, 0) is 37.7 Å². The van der Waals surface area contributed by atoms with Crippen LogP contribution in [-0.2, 0) is 12.7 Å². The lowest BCUT2D eigenvalue weighted by molar-refractivity contribution is -0.137. The molecule has 12 heteroatoms. The number of anilines is 1. The Morgan fingerprint density at radius 3 is 2.23 bits per heavy atom. The van der Waals surface area contributed by atoms with E-state index in [1.165, 1.54) is 6.07 Å². The quantitative estimate of drug-likeness (QED) is 0.236. The fraction of sp³-hybridized carbons (Fsp3) is 0.632. The Labute approximate surface area is 195 Å². The number of guanidine groups is 1. The molecule has 1 saturated heterocycles. The third kappa shape index (κ3) is 9.29. The standard InChI is InChI=1S/C19H27F6N5.HI/c1-3-26-17(27-7-6-18(20,21)22)28-13-14-12-15(19(23,24)25)4-5-16(14)30-10-8-29(2)9-11-30;/h4-5,12H,3,6-11,13H2,1-2H3,(H2,26,27,28);1H. The van der Waals surface area contributed by atoms with Gasteiger partial charge in [0.1, 0.15) is 0 Å². The minimum atomic E-state index is -4.49. The van der Waals surface area contributed by atoms with Gasteiger partial charge in [0.15, 0.2) is 5.96 Å². The number of likely N-dealkylation sites (N-methyl/N-ethyl adjacent to an activating group) is 1. The fourth-order valence-electron chi connectivity index (χ4n) is 3.07. The first-order valence-corrected chi connectivity index (χ1v) is 9.72. The van der Waals surface area contributed by atoms with E-state index in [2.05, 4.69) is 20.5 Å². The summed E-state index contributed by atoms with van der Waals surface area (Å²) in [4.78, 5) is 8.36. The van der Waals surface area contributed by atoms with Crippen LogP contribution in [0.5, 0.6) is 0 Å². The van der Waals surface area contributed by atoms with E-state index in [9.17, 15) is 26.3 Å². The van der Waals surface area contributed by atoms with Crippen LogP contribution in [0, 0.1) is 0 Å². The zero-order valence-corrected chi connectivity index (χ0v) is 19.7. The van der Waals surface area contributed by atoms with Crippen molar-refractivity contribution in [1.82, 2.24) is 15.5 Å². The van der Waals surface area contributed by atoms with Crippen molar-refractivity contribution in [2.24, 2.45) is 4.99 Å². The maximum absolute atomic E-state index is 13.2. The molecular weight excluding hydrogens is 539 g/mol. The Balaban J connectivity index is 0.00000480. The van der Waals surface area contributed by atoms with Crippen molar-refractivity contribution in [3.63, 3.8) is 0 Å². The maximum atomic E-state index is 13.2. The molecule has 0 amide bonds. The second-order valence-electron chi connectivity index (χ2n) is 7.12. The molecule has 1 heterocycles. The fourth-order valence-corrected chi connectivity index (χ4v) is 3.07. The molecule has 0 aliphatic carbocycles. The summed E-state index contributed by atoms with van der Waals surface area (Å²) in [5.74, 6) is 0.128. The number of nitrogens with zero attached hydrogens (tertiary/aromatic N) is 3. The number of rotatable bonds is 6. The minimum Gasteiger partial charge on any atom is -0.369 e. The number of halogens is 7. The van der Waals surface area contributed by atoms with E-state index >= 15 is 0 Å². The lowest BCUT2D eigenvalue weighted by atomic mass is 10.1. The molecule has 1 aliphatic rings. The first-order valence-electron chi connectivity index (χ1n) is 9.72. The highest BCUT2D eigenvalue weighted by Gasteiger charge is 2.31. The summed E-state index contributed by atoms with van der Waals surface area (Å²) in [5, 5.41) is 5.39. The summed E-state index contributed by atoms with van der Waals surface area (Å²) in [5.41, 5.74) is 0.258. The molecule has 1 aromatic rings. The number of hydrogen-bond donors (Lipinski definition) is 2. The van der Waals surface area contributed by atoms with Gasteiger partial charge in [-0.25, -0.2) is 4.99 Å². The minimum absolute atomic E-state index is 0. The van der Waals surface area contributed by atoms with Gasteiger partial charge in [-0.2, -0.15) is 26.3 Å². The second-order valence-corrected chi connectivity index (χ2v) is 7.12. The van der Waals surface area contributed by atoms with Crippen molar-refractivity contribution in [2.45, 2.75) is 32.2 Å². The predicted octanol–water partition coefficient (Wildman–Crippen LogP) is 4.08. The van der Waals surface area contributed by atoms with Crippen molar-refractivity contribution in [1.29, 1.82) is 0 Å². The van der Waals surface area contributed by atoms with Gasteiger partial charge in [0.2, 0.25) is 0 Å². The SMILES string of the molecule is CCNC(=NCc1cc(C(F)(F)F)ccc1N1CCN(C)CC1)NCCC(F)(F)F.I. The Hall–Kier alpha value is -1.44. The first-order chi connectivity index (χ1) is 14.0. The van der Waals surface area contributed by atoms with Crippen LogP contribution >= 0.6 is 24.0 Å². The van der Waals surface area contributed by atoms with E-state index in [1.807, 2.05) is 11.9 Å². The van der Waals surface area contributed by atoms with Gasteiger partial charge in [0, 0.05) is 45.0 Å². The highest BCUT2D eigenvalue weighted by Crippen LogP contribution is 2.33. The van der Waals surface area contributed by atoms with Crippen LogP contribution in [0.2, 0.25) is 0 Å². The van der Waals surface area contributed by atoms with Gasteiger partial charge >= 0.3 is 12.4 Å². The summed E-state index contributed by atoms with van der Waals surface area (Å²) in [7, 11) is 1.98. The van der Waals surface area contributed by atoms with Crippen LogP contribution in [0.4, 0.5) is 32.0 Å². The van der Waals surface area contributed by atoms with Crippen LogP contribution in [0.25, 0.3) is 0 Å². The molecule has 5 nitrogen and oxygen atoms in total. The third-order valence-electron chi connectivity index (χ3n) is 4.70. The van der Waals surface area contributed by atoms with E-state index in [1.54, 1.807) is 6.92 Å². The highest BCUT2D eigenvalue weighted by atomic mass is 127. The lowest BCUT2D eigenvalue weighted by Gasteiger charge is -2.35. The van der Waals surface area contributed by atoms with Gasteiger partial charge in [-0.1, -0.05) is 0 Å². The van der Waals surface area contributed by atoms with Gasteiger partial charge in [0.25, 0.3) is 0 Å². The Bertz CT molecular complexity index is 715. The van der Waals surface area contributed by atoms with E-state index in [4.69, 9.17) is 0 Å². The molecule has 178 valence electrons. The summed E-state index contributed by atoms with van der Waals surface area (Å²) < 4.78 is 76.7. The monoisotopic (exact) mass is 567 g/mol. The molecule has 0 unspecified atom stereocenters. The second kappa shape index (κ2) is 12.0. The largest absolute Gasteiger partial charge is 0.416 e. The lowest BCUT2D eigenvalue weighted by Crippen LogP contribution is -2.44. The molecule has 0 saturated carbocycles. The zero-order valence-electron chi connectivity index (χ0n) is 17.4. The average molecular weight is 567 g/mol. The maximum Gasteiger partial charge on any atom is 0.416 e. The summed E-state index contributed by atoms with van der Waals surface area (Å²) >= 11 is 0. The van der Waals surface area contributed by atoms with E-state index < -0.39 is 24.3 Å². The van der Waals surface area contributed by atoms with E-state index in [0.29, 0.717) is 30.9 Å². The van der Waals surface area contributed by atoms with Gasteiger partial charge < -0.3 is 20.4 Å². The van der Waals surface area contributed by atoms with Crippen LogP contribution in [0.15, 0.2) is 23.2 Å². The van der Waals surface area contributed by atoms with Gasteiger partial charge in [0.05, 0.1) is 18.5 Å². The molecule has 0 radical (unpaired) electrons. The number of hydrogen-bond acceptors (Lipinski definition) is 3. The molecular formula is C19H28F6IN5.